The molecule has 3 aliphatic rings. The van der Waals surface area contributed by atoms with Crippen LogP contribution in [0.1, 0.15) is 56.1 Å². The van der Waals surface area contributed by atoms with Crippen LogP contribution >= 0.6 is 0 Å². The van der Waals surface area contributed by atoms with Crippen molar-refractivity contribution in [2.45, 2.75) is 52.0 Å². The molecule has 29 heavy (non-hydrogen) atoms. The predicted octanol–water partition coefficient (Wildman–Crippen LogP) is 0.956. The Morgan fingerprint density at radius 1 is 1.17 bits per heavy atom. The maximum atomic E-state index is 12.9. The molecule has 3 aliphatic heterocycles. The molecule has 1 aromatic rings. The Hall–Kier alpha value is -2.51. The first-order valence-corrected chi connectivity index (χ1v) is 10.6. The summed E-state index contributed by atoms with van der Waals surface area (Å²) in [6.45, 7) is 7.44. The maximum absolute atomic E-state index is 12.9. The Morgan fingerprint density at radius 2 is 1.93 bits per heavy atom. The first-order valence-electron chi connectivity index (χ1n) is 10.6. The Morgan fingerprint density at radius 3 is 2.59 bits per heavy atom. The molecule has 0 N–H and O–H groups in total. The molecule has 4 heterocycles. The van der Waals surface area contributed by atoms with Crippen molar-refractivity contribution in [2.24, 2.45) is 5.92 Å². The first-order chi connectivity index (χ1) is 14.0. The van der Waals surface area contributed by atoms with Crippen molar-refractivity contribution in [2.75, 3.05) is 32.7 Å². The lowest BCUT2D eigenvalue weighted by molar-refractivity contribution is -0.136. The average molecular weight is 399 g/mol. The van der Waals surface area contributed by atoms with Crippen molar-refractivity contribution < 1.29 is 14.4 Å². The molecule has 2 saturated heterocycles. The number of amides is 3. The van der Waals surface area contributed by atoms with Gasteiger partial charge in [-0.05, 0) is 19.8 Å². The molecule has 0 unspecified atom stereocenters. The van der Waals surface area contributed by atoms with Gasteiger partial charge in [0, 0.05) is 76.7 Å². The monoisotopic (exact) mass is 399 g/mol. The molecule has 0 aliphatic carbocycles. The molecule has 0 aromatic carbocycles. The molecule has 1 atom stereocenters. The molecule has 0 bridgehead atoms. The summed E-state index contributed by atoms with van der Waals surface area (Å²) in [5.41, 5.74) is 2.04. The number of nitrogens with zero attached hydrogens (tertiary/aromatic N) is 5. The van der Waals surface area contributed by atoms with E-state index in [-0.39, 0.29) is 23.6 Å². The van der Waals surface area contributed by atoms with Crippen LogP contribution in [0.5, 0.6) is 0 Å². The number of hydrogen-bond donors (Lipinski definition) is 0. The van der Waals surface area contributed by atoms with Gasteiger partial charge >= 0.3 is 0 Å². The van der Waals surface area contributed by atoms with Gasteiger partial charge in [-0.1, -0.05) is 0 Å². The fourth-order valence-electron chi connectivity index (χ4n) is 4.67. The zero-order valence-electron chi connectivity index (χ0n) is 17.3. The van der Waals surface area contributed by atoms with E-state index >= 15 is 0 Å². The van der Waals surface area contributed by atoms with E-state index in [1.54, 1.807) is 11.8 Å². The molecule has 4 rings (SSSR count). The van der Waals surface area contributed by atoms with Gasteiger partial charge in [-0.25, -0.2) is 9.97 Å². The van der Waals surface area contributed by atoms with Crippen LogP contribution in [0, 0.1) is 5.92 Å². The van der Waals surface area contributed by atoms with Gasteiger partial charge in [0.15, 0.2) is 0 Å². The number of piperidine rings is 1. The quantitative estimate of drug-likeness (QED) is 0.756. The lowest BCUT2D eigenvalue weighted by atomic mass is 9.95. The second-order valence-corrected chi connectivity index (χ2v) is 8.32. The zero-order valence-corrected chi connectivity index (χ0v) is 17.3. The van der Waals surface area contributed by atoms with Gasteiger partial charge < -0.3 is 14.7 Å². The third kappa shape index (κ3) is 3.97. The number of aromatic nitrogens is 2. The summed E-state index contributed by atoms with van der Waals surface area (Å²) in [6.07, 6.45) is 4.71. The standard InChI is InChI=1S/C21H29N5O3/c1-3-24-12-16(10-19(24)28)21(29)26-9-6-18-17(13-26)11-22-20(23-18)15-4-7-25(8-5-15)14(2)27/h11,15-16H,3-10,12-13H2,1-2H3/t16-/m0/s1. The summed E-state index contributed by atoms with van der Waals surface area (Å²) in [5, 5.41) is 0. The van der Waals surface area contributed by atoms with Gasteiger partial charge in [-0.2, -0.15) is 0 Å². The minimum Gasteiger partial charge on any atom is -0.343 e. The third-order valence-corrected chi connectivity index (χ3v) is 6.52. The van der Waals surface area contributed by atoms with E-state index < -0.39 is 0 Å². The van der Waals surface area contributed by atoms with Crippen molar-refractivity contribution in [3.63, 3.8) is 0 Å². The number of hydrogen-bond acceptors (Lipinski definition) is 5. The maximum Gasteiger partial charge on any atom is 0.228 e. The van der Waals surface area contributed by atoms with Crippen LogP contribution in [0.2, 0.25) is 0 Å². The van der Waals surface area contributed by atoms with E-state index in [1.165, 1.54) is 0 Å². The Kier molecular flexibility index (Phi) is 5.52. The van der Waals surface area contributed by atoms with Crippen molar-refractivity contribution in [3.8, 4) is 0 Å². The van der Waals surface area contributed by atoms with Crippen molar-refractivity contribution in [1.29, 1.82) is 0 Å². The van der Waals surface area contributed by atoms with Crippen LogP contribution in [0.3, 0.4) is 0 Å². The highest BCUT2D eigenvalue weighted by molar-refractivity contribution is 5.89. The largest absolute Gasteiger partial charge is 0.343 e. The van der Waals surface area contributed by atoms with Crippen molar-refractivity contribution in [3.05, 3.63) is 23.3 Å². The highest BCUT2D eigenvalue weighted by atomic mass is 16.2. The summed E-state index contributed by atoms with van der Waals surface area (Å²) in [4.78, 5) is 51.3. The Labute approximate surface area is 171 Å². The summed E-state index contributed by atoms with van der Waals surface area (Å²) < 4.78 is 0. The van der Waals surface area contributed by atoms with Crippen LogP contribution in [0.15, 0.2) is 6.20 Å². The predicted molar refractivity (Wildman–Crippen MR) is 106 cm³/mol. The highest BCUT2D eigenvalue weighted by Gasteiger charge is 2.37. The molecular formula is C21H29N5O3. The normalized spacial score (nSPS) is 22.8. The minimum atomic E-state index is -0.226. The van der Waals surface area contributed by atoms with Gasteiger partial charge in [0.05, 0.1) is 11.6 Å². The van der Waals surface area contributed by atoms with E-state index in [0.29, 0.717) is 38.5 Å². The van der Waals surface area contributed by atoms with E-state index in [2.05, 4.69) is 4.98 Å². The van der Waals surface area contributed by atoms with Crippen LogP contribution in [-0.4, -0.2) is 75.1 Å². The second kappa shape index (κ2) is 8.08. The van der Waals surface area contributed by atoms with Crippen LogP contribution in [-0.2, 0) is 27.3 Å². The smallest absolute Gasteiger partial charge is 0.228 e. The second-order valence-electron chi connectivity index (χ2n) is 8.32. The number of likely N-dealkylation sites (tertiary alicyclic amines) is 2. The lowest BCUT2D eigenvalue weighted by Crippen LogP contribution is -2.41. The average Bonchev–Trinajstić information content (AvgIpc) is 3.13. The summed E-state index contributed by atoms with van der Waals surface area (Å²) in [6, 6.07) is 0. The van der Waals surface area contributed by atoms with Gasteiger partial charge in [-0.3, -0.25) is 14.4 Å². The van der Waals surface area contributed by atoms with Crippen LogP contribution < -0.4 is 0 Å². The van der Waals surface area contributed by atoms with Gasteiger partial charge in [0.25, 0.3) is 0 Å². The molecule has 8 heteroatoms. The SMILES string of the molecule is CCN1C[C@@H](C(=O)N2CCc3nc(C4CCN(C(C)=O)CC4)ncc3C2)CC1=O. The van der Waals surface area contributed by atoms with Crippen LogP contribution in [0.25, 0.3) is 0 Å². The van der Waals surface area contributed by atoms with E-state index in [4.69, 9.17) is 4.98 Å². The summed E-state index contributed by atoms with van der Waals surface area (Å²) in [7, 11) is 0. The molecule has 0 saturated carbocycles. The third-order valence-electron chi connectivity index (χ3n) is 6.52. The fraction of sp³-hybridized carbons (Fsp3) is 0.667. The number of carbonyl (C=O) groups is 3. The van der Waals surface area contributed by atoms with Gasteiger partial charge in [0.2, 0.25) is 17.7 Å². The molecule has 0 radical (unpaired) electrons. The minimum absolute atomic E-state index is 0.0700. The Bertz CT molecular complexity index is 819. The summed E-state index contributed by atoms with van der Waals surface area (Å²) in [5.74, 6) is 1.21. The molecule has 8 nitrogen and oxygen atoms in total. The molecular weight excluding hydrogens is 370 g/mol. The topological polar surface area (TPSA) is 86.7 Å². The van der Waals surface area contributed by atoms with Gasteiger partial charge in [-0.15, -0.1) is 0 Å². The fourth-order valence-corrected chi connectivity index (χ4v) is 4.67. The molecule has 0 spiro atoms. The Balaban J connectivity index is 1.39. The molecule has 156 valence electrons. The summed E-state index contributed by atoms with van der Waals surface area (Å²) >= 11 is 0. The van der Waals surface area contributed by atoms with Gasteiger partial charge in [0.1, 0.15) is 5.82 Å². The van der Waals surface area contributed by atoms with E-state index in [9.17, 15) is 14.4 Å². The first kappa shape index (κ1) is 19.8. The molecule has 1 aromatic heterocycles. The number of rotatable bonds is 3. The van der Waals surface area contributed by atoms with E-state index in [1.807, 2.05) is 22.9 Å². The lowest BCUT2D eigenvalue weighted by Gasteiger charge is -2.32. The number of fused-ring (bicyclic) bond motifs is 1. The van der Waals surface area contributed by atoms with Crippen LogP contribution in [0.4, 0.5) is 0 Å². The highest BCUT2D eigenvalue weighted by Crippen LogP contribution is 2.28. The van der Waals surface area contributed by atoms with Crippen molar-refractivity contribution >= 4 is 17.7 Å². The number of carbonyl (C=O) groups excluding carboxylic acids is 3. The van der Waals surface area contributed by atoms with E-state index in [0.717, 1.165) is 49.4 Å². The van der Waals surface area contributed by atoms with Crippen molar-refractivity contribution in [1.82, 2.24) is 24.7 Å². The molecule has 2 fully saturated rings. The molecule has 3 amide bonds. The zero-order chi connectivity index (χ0) is 20.5.